The summed E-state index contributed by atoms with van der Waals surface area (Å²) in [6.45, 7) is 1.65. The van der Waals surface area contributed by atoms with E-state index in [0.717, 1.165) is 30.8 Å². The minimum Gasteiger partial charge on any atom is -0.378 e. The lowest BCUT2D eigenvalue weighted by molar-refractivity contribution is 0.0790. The van der Waals surface area contributed by atoms with Crippen LogP contribution in [0.2, 0.25) is 0 Å². The second-order valence-electron chi connectivity index (χ2n) is 4.97. The molecule has 1 N–H and O–H groups in total. The van der Waals surface area contributed by atoms with Gasteiger partial charge in [-0.15, -0.1) is 12.4 Å². The molecule has 1 aliphatic rings. The van der Waals surface area contributed by atoms with Crippen molar-refractivity contribution in [3.8, 4) is 0 Å². The van der Waals surface area contributed by atoms with Gasteiger partial charge >= 0.3 is 0 Å². The summed E-state index contributed by atoms with van der Waals surface area (Å²) in [5.41, 5.74) is 1.84. The third kappa shape index (κ3) is 3.61. The molecule has 0 bridgehead atoms. The zero-order valence-electron chi connectivity index (χ0n) is 11.7. The van der Waals surface area contributed by atoms with Crippen molar-refractivity contribution in [3.05, 3.63) is 29.8 Å². The smallest absolute Gasteiger partial charge is 0.253 e. The van der Waals surface area contributed by atoms with E-state index in [9.17, 15) is 4.79 Å². The van der Waals surface area contributed by atoms with Crippen molar-refractivity contribution in [2.75, 3.05) is 39.1 Å². The number of halogens is 1. The van der Waals surface area contributed by atoms with Gasteiger partial charge in [-0.05, 0) is 31.7 Å². The third-order valence-corrected chi connectivity index (χ3v) is 3.49. The van der Waals surface area contributed by atoms with E-state index < -0.39 is 0 Å². The van der Waals surface area contributed by atoms with Gasteiger partial charge in [0.05, 0.1) is 0 Å². The number of anilines is 1. The predicted octanol–water partition coefficient (Wildman–Crippen LogP) is 1.61. The Kier molecular flexibility index (Phi) is 5.63. The van der Waals surface area contributed by atoms with Crippen LogP contribution in [0.4, 0.5) is 5.69 Å². The minimum absolute atomic E-state index is 0. The molecule has 4 nitrogen and oxygen atoms in total. The van der Waals surface area contributed by atoms with Crippen molar-refractivity contribution >= 4 is 24.0 Å². The zero-order chi connectivity index (χ0) is 13.1. The number of carbonyl (C=O) groups is 1. The van der Waals surface area contributed by atoms with Crippen LogP contribution in [0.1, 0.15) is 16.8 Å². The van der Waals surface area contributed by atoms with Crippen LogP contribution in [-0.2, 0) is 0 Å². The molecule has 1 aromatic carbocycles. The molecule has 0 aromatic heterocycles. The Hall–Kier alpha value is -1.26. The normalized spacial score (nSPS) is 18.1. The average Bonchev–Trinajstić information content (AvgIpc) is 2.86. The van der Waals surface area contributed by atoms with Crippen LogP contribution in [-0.4, -0.2) is 51.1 Å². The molecule has 1 aliphatic heterocycles. The molecule has 1 saturated heterocycles. The molecule has 1 heterocycles. The summed E-state index contributed by atoms with van der Waals surface area (Å²) >= 11 is 0. The van der Waals surface area contributed by atoms with E-state index >= 15 is 0 Å². The van der Waals surface area contributed by atoms with Crippen LogP contribution in [0.5, 0.6) is 0 Å². The van der Waals surface area contributed by atoms with Crippen LogP contribution in [0.3, 0.4) is 0 Å². The third-order valence-electron chi connectivity index (χ3n) is 3.49. The van der Waals surface area contributed by atoms with Gasteiger partial charge in [0.25, 0.3) is 5.91 Å². The fraction of sp³-hybridized carbons (Fsp3) is 0.500. The highest BCUT2D eigenvalue weighted by Gasteiger charge is 2.25. The van der Waals surface area contributed by atoms with Crippen LogP contribution in [0.15, 0.2) is 24.3 Å². The lowest BCUT2D eigenvalue weighted by Crippen LogP contribution is -2.33. The summed E-state index contributed by atoms with van der Waals surface area (Å²) in [4.78, 5) is 16.3. The van der Waals surface area contributed by atoms with Crippen molar-refractivity contribution in [2.24, 2.45) is 0 Å². The first kappa shape index (κ1) is 15.8. The molecule has 1 aromatic rings. The summed E-state index contributed by atoms with van der Waals surface area (Å²) in [6.07, 6.45) is 1.04. The fourth-order valence-corrected chi connectivity index (χ4v) is 2.28. The van der Waals surface area contributed by atoms with Gasteiger partial charge in [0.1, 0.15) is 0 Å². The van der Waals surface area contributed by atoms with Crippen molar-refractivity contribution in [3.63, 3.8) is 0 Å². The number of hydrogen-bond acceptors (Lipinski definition) is 3. The molecule has 19 heavy (non-hydrogen) atoms. The Morgan fingerprint density at radius 3 is 2.74 bits per heavy atom. The summed E-state index contributed by atoms with van der Waals surface area (Å²) in [5, 5.41) is 3.23. The summed E-state index contributed by atoms with van der Waals surface area (Å²) in [6, 6.07) is 8.23. The molecule has 0 spiro atoms. The number of carbonyl (C=O) groups excluding carboxylic acids is 1. The quantitative estimate of drug-likeness (QED) is 0.915. The Morgan fingerprint density at radius 2 is 2.16 bits per heavy atom. The van der Waals surface area contributed by atoms with E-state index in [4.69, 9.17) is 0 Å². The Balaban J connectivity index is 0.00000180. The maximum atomic E-state index is 12.4. The van der Waals surface area contributed by atoms with Crippen LogP contribution < -0.4 is 10.2 Å². The van der Waals surface area contributed by atoms with Crippen LogP contribution >= 0.6 is 12.4 Å². The zero-order valence-corrected chi connectivity index (χ0v) is 12.5. The number of rotatable bonds is 3. The molecule has 1 atom stereocenters. The van der Waals surface area contributed by atoms with E-state index in [-0.39, 0.29) is 18.3 Å². The molecule has 1 amide bonds. The van der Waals surface area contributed by atoms with Gasteiger partial charge in [0.15, 0.2) is 0 Å². The Morgan fingerprint density at radius 1 is 1.42 bits per heavy atom. The number of nitrogens with zero attached hydrogens (tertiary/aromatic N) is 2. The summed E-state index contributed by atoms with van der Waals surface area (Å²) in [7, 11) is 5.91. The standard InChI is InChI=1S/C14H21N3O.ClH/c1-15-12-7-8-17(10-12)14(18)11-5-4-6-13(9-11)16(2)3;/h4-6,9,12,15H,7-8,10H2,1-3H3;1H. The van der Waals surface area contributed by atoms with Crippen molar-refractivity contribution in [1.82, 2.24) is 10.2 Å². The monoisotopic (exact) mass is 283 g/mol. The lowest BCUT2D eigenvalue weighted by atomic mass is 10.1. The van der Waals surface area contributed by atoms with E-state index in [1.54, 1.807) is 0 Å². The highest BCUT2D eigenvalue weighted by Crippen LogP contribution is 2.17. The first-order valence-corrected chi connectivity index (χ1v) is 6.35. The average molecular weight is 284 g/mol. The highest BCUT2D eigenvalue weighted by atomic mass is 35.5. The van der Waals surface area contributed by atoms with Gasteiger partial charge in [0, 0.05) is 44.5 Å². The number of likely N-dealkylation sites (N-methyl/N-ethyl adjacent to an activating group) is 1. The highest BCUT2D eigenvalue weighted by molar-refractivity contribution is 5.95. The minimum atomic E-state index is 0. The summed E-state index contributed by atoms with van der Waals surface area (Å²) in [5.74, 6) is 0.136. The van der Waals surface area contributed by atoms with E-state index in [0.29, 0.717) is 6.04 Å². The van der Waals surface area contributed by atoms with Gasteiger partial charge < -0.3 is 15.1 Å². The molecular formula is C14H22ClN3O. The molecule has 0 saturated carbocycles. The number of likely N-dealkylation sites (tertiary alicyclic amines) is 1. The SMILES string of the molecule is CNC1CCN(C(=O)c2cccc(N(C)C)c2)C1.Cl. The first-order valence-electron chi connectivity index (χ1n) is 6.35. The Labute approximate surface area is 121 Å². The van der Waals surface area contributed by atoms with Crippen molar-refractivity contribution < 1.29 is 4.79 Å². The maximum absolute atomic E-state index is 12.4. The summed E-state index contributed by atoms with van der Waals surface area (Å²) < 4.78 is 0. The van der Waals surface area contributed by atoms with E-state index in [2.05, 4.69) is 5.32 Å². The fourth-order valence-electron chi connectivity index (χ4n) is 2.28. The van der Waals surface area contributed by atoms with Gasteiger partial charge in [-0.1, -0.05) is 6.07 Å². The number of amides is 1. The van der Waals surface area contributed by atoms with Crippen LogP contribution in [0, 0.1) is 0 Å². The van der Waals surface area contributed by atoms with Crippen LogP contribution in [0.25, 0.3) is 0 Å². The van der Waals surface area contributed by atoms with E-state index in [1.165, 1.54) is 0 Å². The number of hydrogen-bond donors (Lipinski definition) is 1. The second-order valence-corrected chi connectivity index (χ2v) is 4.97. The largest absolute Gasteiger partial charge is 0.378 e. The molecule has 106 valence electrons. The van der Waals surface area contributed by atoms with E-state index in [1.807, 2.05) is 55.2 Å². The molecule has 1 fully saturated rings. The van der Waals surface area contributed by atoms with Gasteiger partial charge in [-0.25, -0.2) is 0 Å². The molecule has 5 heteroatoms. The first-order chi connectivity index (χ1) is 8.61. The molecule has 1 unspecified atom stereocenters. The van der Waals surface area contributed by atoms with Gasteiger partial charge in [-0.2, -0.15) is 0 Å². The van der Waals surface area contributed by atoms with Crippen molar-refractivity contribution in [2.45, 2.75) is 12.5 Å². The topological polar surface area (TPSA) is 35.6 Å². The second kappa shape index (κ2) is 6.78. The molecule has 0 radical (unpaired) electrons. The number of nitrogens with one attached hydrogen (secondary N) is 1. The molecule has 2 rings (SSSR count). The van der Waals surface area contributed by atoms with Crippen molar-refractivity contribution in [1.29, 1.82) is 0 Å². The van der Waals surface area contributed by atoms with Gasteiger partial charge in [0.2, 0.25) is 0 Å². The number of benzene rings is 1. The van der Waals surface area contributed by atoms with Gasteiger partial charge in [-0.3, -0.25) is 4.79 Å². The molecular weight excluding hydrogens is 262 g/mol. The lowest BCUT2D eigenvalue weighted by Gasteiger charge is -2.18. The maximum Gasteiger partial charge on any atom is 0.253 e. The Bertz CT molecular complexity index is 436. The predicted molar refractivity (Wildman–Crippen MR) is 81.4 cm³/mol. The molecule has 0 aliphatic carbocycles.